The zero-order valence-corrected chi connectivity index (χ0v) is 10.6. The maximum absolute atomic E-state index is 12.8. The van der Waals surface area contributed by atoms with Crippen LogP contribution in [0.25, 0.3) is 0 Å². The third kappa shape index (κ3) is 2.59. The Morgan fingerprint density at radius 3 is 2.22 bits per heavy atom. The van der Waals surface area contributed by atoms with Crippen LogP contribution in [0.1, 0.15) is 12.8 Å². The van der Waals surface area contributed by atoms with E-state index in [9.17, 15) is 17.6 Å². The average molecular weight is 271 g/mol. The lowest BCUT2D eigenvalue weighted by atomic mass is 10.0. The lowest BCUT2D eigenvalue weighted by molar-refractivity contribution is -0.112. The van der Waals surface area contributed by atoms with E-state index >= 15 is 0 Å². The molecule has 98 valence electrons. The highest BCUT2D eigenvalue weighted by Gasteiger charge is 2.29. The van der Waals surface area contributed by atoms with Crippen molar-refractivity contribution in [1.29, 1.82) is 0 Å². The SMILES string of the molecule is O=CC1CCN(S(=O)(=O)c2ccc(F)cc2)CC1. The minimum atomic E-state index is -3.56. The first kappa shape index (κ1) is 13.2. The molecule has 1 aliphatic heterocycles. The quantitative estimate of drug-likeness (QED) is 0.781. The number of rotatable bonds is 3. The molecule has 0 aromatic heterocycles. The highest BCUT2D eigenvalue weighted by Crippen LogP contribution is 2.22. The van der Waals surface area contributed by atoms with Crippen LogP contribution in [-0.2, 0) is 14.8 Å². The normalized spacial score (nSPS) is 18.7. The molecule has 2 rings (SSSR count). The number of piperidine rings is 1. The summed E-state index contributed by atoms with van der Waals surface area (Å²) in [7, 11) is -3.56. The Bertz CT molecular complexity index is 519. The van der Waals surface area contributed by atoms with E-state index in [1.54, 1.807) is 0 Å². The summed E-state index contributed by atoms with van der Waals surface area (Å²) in [6.07, 6.45) is 1.97. The molecule has 0 radical (unpaired) electrons. The molecule has 1 aromatic rings. The fourth-order valence-corrected chi connectivity index (χ4v) is 3.48. The van der Waals surface area contributed by atoms with Crippen molar-refractivity contribution in [2.24, 2.45) is 5.92 Å². The van der Waals surface area contributed by atoms with Crippen molar-refractivity contribution in [3.63, 3.8) is 0 Å². The van der Waals surface area contributed by atoms with E-state index in [1.165, 1.54) is 16.4 Å². The Hall–Kier alpha value is -1.27. The smallest absolute Gasteiger partial charge is 0.243 e. The number of aldehydes is 1. The molecule has 18 heavy (non-hydrogen) atoms. The zero-order chi connectivity index (χ0) is 13.2. The van der Waals surface area contributed by atoms with Crippen molar-refractivity contribution in [2.75, 3.05) is 13.1 Å². The fourth-order valence-electron chi connectivity index (χ4n) is 2.01. The van der Waals surface area contributed by atoms with Gasteiger partial charge in [-0.25, -0.2) is 12.8 Å². The van der Waals surface area contributed by atoms with Crippen molar-refractivity contribution in [1.82, 2.24) is 4.31 Å². The molecule has 0 aliphatic carbocycles. The Labute approximate surface area is 105 Å². The summed E-state index contributed by atoms with van der Waals surface area (Å²) >= 11 is 0. The molecule has 0 saturated carbocycles. The summed E-state index contributed by atoms with van der Waals surface area (Å²) in [6.45, 7) is 0.673. The highest BCUT2D eigenvalue weighted by molar-refractivity contribution is 7.89. The van der Waals surface area contributed by atoms with Crippen molar-refractivity contribution in [2.45, 2.75) is 17.7 Å². The van der Waals surface area contributed by atoms with Crippen LogP contribution in [0, 0.1) is 11.7 Å². The van der Waals surface area contributed by atoms with Crippen LogP contribution in [-0.4, -0.2) is 32.1 Å². The number of hydrogen-bond acceptors (Lipinski definition) is 3. The Balaban J connectivity index is 2.17. The van der Waals surface area contributed by atoms with E-state index in [-0.39, 0.29) is 10.8 Å². The molecule has 1 saturated heterocycles. The summed E-state index contributed by atoms with van der Waals surface area (Å²) < 4.78 is 38.5. The molecule has 1 fully saturated rings. The lowest BCUT2D eigenvalue weighted by Crippen LogP contribution is -2.38. The number of sulfonamides is 1. The third-order valence-corrected chi connectivity index (χ3v) is 5.06. The lowest BCUT2D eigenvalue weighted by Gasteiger charge is -2.28. The Morgan fingerprint density at radius 1 is 1.17 bits per heavy atom. The molecule has 1 aliphatic rings. The fraction of sp³-hybridized carbons (Fsp3) is 0.417. The van der Waals surface area contributed by atoms with Gasteiger partial charge in [-0.1, -0.05) is 0 Å². The molecule has 4 nitrogen and oxygen atoms in total. The van der Waals surface area contributed by atoms with Gasteiger partial charge in [0.1, 0.15) is 12.1 Å². The van der Waals surface area contributed by atoms with Gasteiger partial charge in [-0.15, -0.1) is 0 Å². The number of benzene rings is 1. The minimum Gasteiger partial charge on any atom is -0.303 e. The number of nitrogens with zero attached hydrogens (tertiary/aromatic N) is 1. The summed E-state index contributed by atoms with van der Waals surface area (Å²) in [5.41, 5.74) is 0. The Morgan fingerprint density at radius 2 is 1.72 bits per heavy atom. The second kappa shape index (κ2) is 5.16. The van der Waals surface area contributed by atoms with Crippen LogP contribution >= 0.6 is 0 Å². The van der Waals surface area contributed by atoms with Gasteiger partial charge in [0.25, 0.3) is 0 Å². The number of hydrogen-bond donors (Lipinski definition) is 0. The van der Waals surface area contributed by atoms with Crippen molar-refractivity contribution >= 4 is 16.3 Å². The van der Waals surface area contributed by atoms with Gasteiger partial charge in [0.15, 0.2) is 0 Å². The van der Waals surface area contributed by atoms with E-state index in [2.05, 4.69) is 0 Å². The first-order valence-electron chi connectivity index (χ1n) is 5.75. The van der Waals surface area contributed by atoms with Crippen LogP contribution in [0.15, 0.2) is 29.2 Å². The molecule has 0 unspecified atom stereocenters. The molecule has 6 heteroatoms. The van der Waals surface area contributed by atoms with Crippen molar-refractivity contribution < 1.29 is 17.6 Å². The van der Waals surface area contributed by atoms with Gasteiger partial charge < -0.3 is 4.79 Å². The predicted molar refractivity (Wildman–Crippen MR) is 63.9 cm³/mol. The first-order chi connectivity index (χ1) is 8.54. The number of carbonyl (C=O) groups is 1. The highest BCUT2D eigenvalue weighted by atomic mass is 32.2. The minimum absolute atomic E-state index is 0.0512. The van der Waals surface area contributed by atoms with Crippen LogP contribution < -0.4 is 0 Å². The van der Waals surface area contributed by atoms with Crippen molar-refractivity contribution in [3.8, 4) is 0 Å². The molecule has 0 bridgehead atoms. The van der Waals surface area contributed by atoms with E-state index in [0.717, 1.165) is 18.4 Å². The molecular weight excluding hydrogens is 257 g/mol. The first-order valence-corrected chi connectivity index (χ1v) is 7.19. The van der Waals surface area contributed by atoms with Crippen LogP contribution in [0.2, 0.25) is 0 Å². The van der Waals surface area contributed by atoms with Crippen molar-refractivity contribution in [3.05, 3.63) is 30.1 Å². The average Bonchev–Trinajstić information content (AvgIpc) is 2.39. The molecular formula is C12H14FNO3S. The second-order valence-electron chi connectivity index (χ2n) is 4.33. The molecule has 1 heterocycles. The van der Waals surface area contributed by atoms with Gasteiger partial charge in [0.2, 0.25) is 10.0 Å². The summed E-state index contributed by atoms with van der Waals surface area (Å²) in [5.74, 6) is -0.515. The number of carbonyl (C=O) groups excluding carboxylic acids is 1. The largest absolute Gasteiger partial charge is 0.303 e. The third-order valence-electron chi connectivity index (χ3n) is 3.14. The predicted octanol–water partition coefficient (Wildman–Crippen LogP) is 1.43. The van der Waals surface area contributed by atoms with E-state index in [0.29, 0.717) is 25.9 Å². The summed E-state index contributed by atoms with van der Waals surface area (Å²) in [5, 5.41) is 0. The topological polar surface area (TPSA) is 54.5 Å². The summed E-state index contributed by atoms with van der Waals surface area (Å²) in [6, 6.07) is 4.78. The molecule has 0 spiro atoms. The zero-order valence-electron chi connectivity index (χ0n) is 9.75. The summed E-state index contributed by atoms with van der Waals surface area (Å²) in [4.78, 5) is 10.7. The Kier molecular flexibility index (Phi) is 3.77. The van der Waals surface area contributed by atoms with Crippen LogP contribution in [0.4, 0.5) is 4.39 Å². The van der Waals surface area contributed by atoms with Crippen LogP contribution in [0.5, 0.6) is 0 Å². The van der Waals surface area contributed by atoms with Gasteiger partial charge in [0, 0.05) is 19.0 Å². The maximum atomic E-state index is 12.8. The second-order valence-corrected chi connectivity index (χ2v) is 6.27. The van der Waals surface area contributed by atoms with E-state index in [1.807, 2.05) is 0 Å². The number of halogens is 1. The van der Waals surface area contributed by atoms with Crippen LogP contribution in [0.3, 0.4) is 0 Å². The van der Waals surface area contributed by atoms with Gasteiger partial charge in [-0.2, -0.15) is 4.31 Å². The maximum Gasteiger partial charge on any atom is 0.243 e. The molecule has 1 aromatic carbocycles. The van der Waals surface area contributed by atoms with E-state index < -0.39 is 15.8 Å². The van der Waals surface area contributed by atoms with E-state index in [4.69, 9.17) is 0 Å². The molecule has 0 amide bonds. The van der Waals surface area contributed by atoms with Gasteiger partial charge in [-0.05, 0) is 37.1 Å². The molecule has 0 atom stereocenters. The van der Waals surface area contributed by atoms with Gasteiger partial charge in [-0.3, -0.25) is 0 Å². The standard InChI is InChI=1S/C12H14FNO3S/c13-11-1-3-12(4-2-11)18(16,17)14-7-5-10(9-15)6-8-14/h1-4,9-10H,5-8H2. The van der Waals surface area contributed by atoms with Gasteiger partial charge in [0.05, 0.1) is 4.90 Å². The van der Waals surface area contributed by atoms with Gasteiger partial charge >= 0.3 is 0 Å². The molecule has 0 N–H and O–H groups in total. The monoisotopic (exact) mass is 271 g/mol.